The van der Waals surface area contributed by atoms with Crippen molar-refractivity contribution in [2.24, 2.45) is 0 Å². The van der Waals surface area contributed by atoms with Crippen molar-refractivity contribution in [3.63, 3.8) is 0 Å². The van der Waals surface area contributed by atoms with E-state index in [4.69, 9.17) is 4.42 Å². The summed E-state index contributed by atoms with van der Waals surface area (Å²) in [5.41, 5.74) is 1.81. The molecule has 1 aromatic carbocycles. The SMILES string of the molecule is Cc1occc1C(=O)Nc1nc(CC(=O)NC(C)c2ccc(F)cc2)cs1. The molecule has 0 aliphatic heterocycles. The molecule has 0 aliphatic rings. The number of carbonyl (C=O) groups is 2. The van der Waals surface area contributed by atoms with Crippen LogP contribution in [0.25, 0.3) is 0 Å². The van der Waals surface area contributed by atoms with Crippen LogP contribution < -0.4 is 10.6 Å². The summed E-state index contributed by atoms with van der Waals surface area (Å²) in [5.74, 6) is -0.310. The zero-order valence-corrected chi connectivity index (χ0v) is 15.6. The molecule has 0 fully saturated rings. The highest BCUT2D eigenvalue weighted by Crippen LogP contribution is 2.19. The van der Waals surface area contributed by atoms with E-state index in [9.17, 15) is 14.0 Å². The third-order valence-corrected chi connectivity index (χ3v) is 4.77. The van der Waals surface area contributed by atoms with Crippen LogP contribution in [0, 0.1) is 12.7 Å². The Balaban J connectivity index is 1.55. The number of carbonyl (C=O) groups excluding carboxylic acids is 2. The van der Waals surface area contributed by atoms with Gasteiger partial charge in [0.2, 0.25) is 5.91 Å². The Hall–Kier alpha value is -3.00. The number of aryl methyl sites for hydroxylation is 1. The fourth-order valence-corrected chi connectivity index (χ4v) is 3.23. The van der Waals surface area contributed by atoms with Crippen molar-refractivity contribution in [2.45, 2.75) is 26.3 Å². The molecule has 0 saturated heterocycles. The molecule has 1 unspecified atom stereocenters. The molecule has 2 N–H and O–H groups in total. The van der Waals surface area contributed by atoms with Gasteiger partial charge < -0.3 is 9.73 Å². The molecule has 27 heavy (non-hydrogen) atoms. The summed E-state index contributed by atoms with van der Waals surface area (Å²) in [5, 5.41) is 7.67. The maximum absolute atomic E-state index is 13.0. The van der Waals surface area contributed by atoms with Gasteiger partial charge in [0.05, 0.1) is 30.0 Å². The van der Waals surface area contributed by atoms with E-state index in [-0.39, 0.29) is 30.1 Å². The minimum absolute atomic E-state index is 0.0860. The van der Waals surface area contributed by atoms with Crippen LogP contribution in [-0.4, -0.2) is 16.8 Å². The Morgan fingerprint density at radius 3 is 2.67 bits per heavy atom. The molecule has 3 rings (SSSR count). The largest absolute Gasteiger partial charge is 0.469 e. The number of benzene rings is 1. The van der Waals surface area contributed by atoms with Crippen molar-refractivity contribution in [1.29, 1.82) is 0 Å². The van der Waals surface area contributed by atoms with E-state index >= 15 is 0 Å². The lowest BCUT2D eigenvalue weighted by molar-refractivity contribution is -0.121. The van der Waals surface area contributed by atoms with Crippen molar-refractivity contribution in [3.05, 3.63) is 70.4 Å². The lowest BCUT2D eigenvalue weighted by atomic mass is 10.1. The van der Waals surface area contributed by atoms with Gasteiger partial charge in [-0.05, 0) is 37.6 Å². The van der Waals surface area contributed by atoms with Crippen molar-refractivity contribution in [3.8, 4) is 0 Å². The normalized spacial score (nSPS) is 11.8. The molecule has 6 nitrogen and oxygen atoms in total. The second-order valence-electron chi connectivity index (χ2n) is 6.01. The van der Waals surface area contributed by atoms with E-state index in [2.05, 4.69) is 15.6 Å². The second kappa shape index (κ2) is 8.13. The smallest absolute Gasteiger partial charge is 0.260 e. The van der Waals surface area contributed by atoms with Crippen LogP contribution in [0.2, 0.25) is 0 Å². The highest BCUT2D eigenvalue weighted by Gasteiger charge is 2.15. The van der Waals surface area contributed by atoms with Gasteiger partial charge in [-0.15, -0.1) is 11.3 Å². The minimum Gasteiger partial charge on any atom is -0.469 e. The summed E-state index contributed by atoms with van der Waals surface area (Å²) < 4.78 is 18.1. The first kappa shape index (κ1) is 18.8. The monoisotopic (exact) mass is 387 g/mol. The number of thiazole rings is 1. The van der Waals surface area contributed by atoms with Gasteiger partial charge in [-0.2, -0.15) is 0 Å². The second-order valence-corrected chi connectivity index (χ2v) is 6.86. The van der Waals surface area contributed by atoms with Crippen molar-refractivity contribution in [2.75, 3.05) is 5.32 Å². The average Bonchev–Trinajstić information content (AvgIpc) is 3.24. The molecule has 0 bridgehead atoms. The van der Waals surface area contributed by atoms with Gasteiger partial charge in [0.25, 0.3) is 5.91 Å². The molecule has 2 aromatic heterocycles. The molecular formula is C19H18FN3O3S. The first-order chi connectivity index (χ1) is 12.9. The summed E-state index contributed by atoms with van der Waals surface area (Å²) in [6.07, 6.45) is 1.53. The molecule has 3 aromatic rings. The molecule has 0 aliphatic carbocycles. The maximum Gasteiger partial charge on any atom is 0.260 e. The van der Waals surface area contributed by atoms with Gasteiger partial charge in [0, 0.05) is 5.38 Å². The molecule has 0 radical (unpaired) electrons. The van der Waals surface area contributed by atoms with Crippen LogP contribution in [0.5, 0.6) is 0 Å². The quantitative estimate of drug-likeness (QED) is 0.673. The van der Waals surface area contributed by atoms with Gasteiger partial charge in [-0.25, -0.2) is 9.37 Å². The van der Waals surface area contributed by atoms with Crippen LogP contribution in [0.3, 0.4) is 0 Å². The molecule has 0 spiro atoms. The van der Waals surface area contributed by atoms with Crippen LogP contribution >= 0.6 is 11.3 Å². The molecule has 2 amide bonds. The van der Waals surface area contributed by atoms with E-state index in [1.165, 1.54) is 29.7 Å². The molecule has 1 atom stereocenters. The Morgan fingerprint density at radius 2 is 2.00 bits per heavy atom. The summed E-state index contributed by atoms with van der Waals surface area (Å²) in [6.45, 7) is 3.53. The van der Waals surface area contributed by atoms with Gasteiger partial charge >= 0.3 is 0 Å². The number of amides is 2. The van der Waals surface area contributed by atoms with Crippen LogP contribution in [-0.2, 0) is 11.2 Å². The molecule has 140 valence electrons. The Bertz CT molecular complexity index is 949. The van der Waals surface area contributed by atoms with E-state index in [1.54, 1.807) is 30.5 Å². The fraction of sp³-hybridized carbons (Fsp3) is 0.211. The standard InChI is InChI=1S/C19H18FN3O3S/c1-11(13-3-5-14(20)6-4-13)21-17(24)9-15-10-27-19(22-15)23-18(25)16-7-8-26-12(16)2/h3-8,10-11H,9H2,1-2H3,(H,21,24)(H,22,23,25). The average molecular weight is 387 g/mol. The van der Waals surface area contributed by atoms with E-state index < -0.39 is 0 Å². The fourth-order valence-electron chi connectivity index (χ4n) is 2.52. The molecule has 2 heterocycles. The van der Waals surface area contributed by atoms with Gasteiger partial charge in [-0.1, -0.05) is 12.1 Å². The number of anilines is 1. The van der Waals surface area contributed by atoms with Gasteiger partial charge in [0.15, 0.2) is 5.13 Å². The van der Waals surface area contributed by atoms with Crippen molar-refractivity contribution in [1.82, 2.24) is 10.3 Å². The highest BCUT2D eigenvalue weighted by atomic mass is 32.1. The number of aromatic nitrogens is 1. The minimum atomic E-state index is -0.319. The topological polar surface area (TPSA) is 84.2 Å². The lowest BCUT2D eigenvalue weighted by Crippen LogP contribution is -2.28. The Kier molecular flexibility index (Phi) is 5.66. The van der Waals surface area contributed by atoms with E-state index in [0.717, 1.165) is 5.56 Å². The third kappa shape index (κ3) is 4.79. The summed E-state index contributed by atoms with van der Waals surface area (Å²) in [7, 11) is 0. The zero-order valence-electron chi connectivity index (χ0n) is 14.8. The summed E-state index contributed by atoms with van der Waals surface area (Å²) >= 11 is 1.24. The number of hydrogen-bond donors (Lipinski definition) is 2. The molecule has 8 heteroatoms. The number of hydrogen-bond acceptors (Lipinski definition) is 5. The summed E-state index contributed by atoms with van der Waals surface area (Å²) in [6, 6.07) is 7.32. The molecule has 0 saturated carbocycles. The van der Waals surface area contributed by atoms with E-state index in [0.29, 0.717) is 22.1 Å². The lowest BCUT2D eigenvalue weighted by Gasteiger charge is -2.13. The molecular weight excluding hydrogens is 369 g/mol. The highest BCUT2D eigenvalue weighted by molar-refractivity contribution is 7.14. The predicted octanol–water partition coefficient (Wildman–Crippen LogP) is 3.86. The Morgan fingerprint density at radius 1 is 1.26 bits per heavy atom. The van der Waals surface area contributed by atoms with Gasteiger partial charge in [0.1, 0.15) is 11.6 Å². The van der Waals surface area contributed by atoms with Crippen LogP contribution in [0.4, 0.5) is 9.52 Å². The number of rotatable bonds is 6. The number of halogens is 1. The van der Waals surface area contributed by atoms with Gasteiger partial charge in [-0.3, -0.25) is 14.9 Å². The van der Waals surface area contributed by atoms with Crippen molar-refractivity contribution < 1.29 is 18.4 Å². The summed E-state index contributed by atoms with van der Waals surface area (Å²) in [4.78, 5) is 28.6. The number of nitrogens with zero attached hydrogens (tertiary/aromatic N) is 1. The number of furan rings is 1. The van der Waals surface area contributed by atoms with E-state index in [1.807, 2.05) is 6.92 Å². The number of nitrogens with one attached hydrogen (secondary N) is 2. The predicted molar refractivity (Wildman–Crippen MR) is 100 cm³/mol. The Labute approximate surface area is 159 Å². The third-order valence-electron chi connectivity index (χ3n) is 3.96. The zero-order chi connectivity index (χ0) is 19.4. The maximum atomic E-state index is 13.0. The van der Waals surface area contributed by atoms with Crippen molar-refractivity contribution >= 4 is 28.3 Å². The van der Waals surface area contributed by atoms with Crippen LogP contribution in [0.15, 0.2) is 46.4 Å². The first-order valence-corrected chi connectivity index (χ1v) is 9.15. The van der Waals surface area contributed by atoms with Crippen LogP contribution in [0.1, 0.15) is 40.3 Å². The first-order valence-electron chi connectivity index (χ1n) is 8.27.